The van der Waals surface area contributed by atoms with Crippen molar-refractivity contribution in [1.29, 1.82) is 0 Å². The first-order chi connectivity index (χ1) is 10.0. The lowest BCUT2D eigenvalue weighted by molar-refractivity contribution is -0.131. The quantitative estimate of drug-likeness (QED) is 0.512. The van der Waals surface area contributed by atoms with Crippen LogP contribution in [0.25, 0.3) is 0 Å². The van der Waals surface area contributed by atoms with Crippen LogP contribution >= 0.6 is 11.6 Å². The molecule has 0 atom stereocenters. The summed E-state index contributed by atoms with van der Waals surface area (Å²) in [5.74, 6) is -1.09. The summed E-state index contributed by atoms with van der Waals surface area (Å²) in [6.45, 7) is 1.23. The summed E-state index contributed by atoms with van der Waals surface area (Å²) in [6, 6.07) is 9.43. The number of carbonyl (C=O) groups excluding carboxylic acids is 3. The van der Waals surface area contributed by atoms with Gasteiger partial charge in [0.2, 0.25) is 0 Å². The van der Waals surface area contributed by atoms with Crippen LogP contribution in [-0.4, -0.2) is 17.5 Å². The van der Waals surface area contributed by atoms with Gasteiger partial charge in [-0.2, -0.15) is 0 Å². The van der Waals surface area contributed by atoms with Crippen LogP contribution in [0.3, 0.4) is 0 Å². The van der Waals surface area contributed by atoms with Crippen LogP contribution < -0.4 is 4.74 Å². The number of hydrogen-bond acceptors (Lipinski definition) is 4. The van der Waals surface area contributed by atoms with Crippen LogP contribution in [0.1, 0.15) is 38.8 Å². The van der Waals surface area contributed by atoms with Crippen LogP contribution in [0.4, 0.5) is 0 Å². The SMILES string of the molecule is CC(=O)Oc1ccc2c(c1Cl)C(=O)c1ccccc1C2=O. The van der Waals surface area contributed by atoms with E-state index in [9.17, 15) is 14.4 Å². The standard InChI is InChI=1S/C16H9ClO4/c1-8(18)21-12-7-6-11-13(14(12)17)16(20)10-5-3-2-4-9(10)15(11)19/h2-7H,1H3. The van der Waals surface area contributed by atoms with Gasteiger partial charge in [0.1, 0.15) is 5.75 Å². The highest BCUT2D eigenvalue weighted by Crippen LogP contribution is 2.37. The number of carbonyl (C=O) groups is 3. The van der Waals surface area contributed by atoms with Crippen molar-refractivity contribution in [2.75, 3.05) is 0 Å². The van der Waals surface area contributed by atoms with Crippen molar-refractivity contribution < 1.29 is 19.1 Å². The number of esters is 1. The summed E-state index contributed by atoms with van der Waals surface area (Å²) in [5, 5.41) is -0.0180. The number of ketones is 2. The molecule has 1 aliphatic carbocycles. The van der Waals surface area contributed by atoms with E-state index in [-0.39, 0.29) is 33.5 Å². The van der Waals surface area contributed by atoms with Gasteiger partial charge in [-0.25, -0.2) is 0 Å². The van der Waals surface area contributed by atoms with Crippen molar-refractivity contribution in [3.05, 3.63) is 63.7 Å². The van der Waals surface area contributed by atoms with Crippen LogP contribution in [0.5, 0.6) is 5.75 Å². The molecule has 21 heavy (non-hydrogen) atoms. The minimum absolute atomic E-state index is 0.0180. The second-order valence-corrected chi connectivity index (χ2v) is 4.98. The van der Waals surface area contributed by atoms with Gasteiger partial charge < -0.3 is 4.74 Å². The predicted molar refractivity (Wildman–Crippen MR) is 76.1 cm³/mol. The fourth-order valence-electron chi connectivity index (χ4n) is 2.36. The van der Waals surface area contributed by atoms with E-state index in [2.05, 4.69) is 0 Å². The van der Waals surface area contributed by atoms with Gasteiger partial charge in [0.05, 0.1) is 10.6 Å². The van der Waals surface area contributed by atoms with E-state index < -0.39 is 5.97 Å². The molecule has 2 aromatic rings. The Morgan fingerprint density at radius 1 is 0.952 bits per heavy atom. The molecule has 0 aromatic heterocycles. The molecular formula is C16H9ClO4. The molecule has 4 nitrogen and oxygen atoms in total. The minimum atomic E-state index is -0.549. The molecular weight excluding hydrogens is 292 g/mol. The maximum absolute atomic E-state index is 12.5. The number of hydrogen-bond donors (Lipinski definition) is 0. The Kier molecular flexibility index (Phi) is 3.11. The second-order valence-electron chi connectivity index (χ2n) is 4.60. The average molecular weight is 301 g/mol. The molecule has 0 bridgehead atoms. The van der Waals surface area contributed by atoms with E-state index >= 15 is 0 Å². The van der Waals surface area contributed by atoms with Crippen LogP contribution in [-0.2, 0) is 4.79 Å². The molecule has 3 rings (SSSR count). The maximum atomic E-state index is 12.5. The Hall–Kier alpha value is -2.46. The highest BCUT2D eigenvalue weighted by Gasteiger charge is 2.32. The topological polar surface area (TPSA) is 60.4 Å². The highest BCUT2D eigenvalue weighted by atomic mass is 35.5. The van der Waals surface area contributed by atoms with Gasteiger partial charge in [-0.05, 0) is 12.1 Å². The van der Waals surface area contributed by atoms with Crippen molar-refractivity contribution >= 4 is 29.1 Å². The Morgan fingerprint density at radius 3 is 2.19 bits per heavy atom. The van der Waals surface area contributed by atoms with Crippen LogP contribution in [0, 0.1) is 0 Å². The summed E-state index contributed by atoms with van der Waals surface area (Å²) in [7, 11) is 0. The zero-order chi connectivity index (χ0) is 15.1. The van der Waals surface area contributed by atoms with Crippen molar-refractivity contribution in [2.45, 2.75) is 6.92 Å². The van der Waals surface area contributed by atoms with Crippen molar-refractivity contribution in [3.63, 3.8) is 0 Å². The summed E-state index contributed by atoms with van der Waals surface area (Å²) in [5.41, 5.74) is 0.960. The first-order valence-corrected chi connectivity index (χ1v) is 6.58. The monoisotopic (exact) mass is 300 g/mol. The molecule has 0 saturated heterocycles. The average Bonchev–Trinajstić information content (AvgIpc) is 2.46. The third kappa shape index (κ3) is 2.04. The summed E-state index contributed by atoms with van der Waals surface area (Å²) < 4.78 is 4.95. The number of halogens is 1. The van der Waals surface area contributed by atoms with Crippen molar-refractivity contribution in [1.82, 2.24) is 0 Å². The first-order valence-electron chi connectivity index (χ1n) is 6.20. The first kappa shape index (κ1) is 13.5. The molecule has 0 fully saturated rings. The Labute approximate surface area is 125 Å². The van der Waals surface area contributed by atoms with E-state index in [1.807, 2.05) is 0 Å². The molecule has 0 spiro atoms. The van der Waals surface area contributed by atoms with Gasteiger partial charge in [0.25, 0.3) is 0 Å². The number of benzene rings is 2. The minimum Gasteiger partial charge on any atom is -0.425 e. The molecule has 0 aliphatic heterocycles. The third-order valence-corrected chi connectivity index (χ3v) is 3.62. The lowest BCUT2D eigenvalue weighted by atomic mass is 9.84. The summed E-state index contributed by atoms with van der Waals surface area (Å²) in [4.78, 5) is 36.0. The van der Waals surface area contributed by atoms with E-state index in [0.717, 1.165) is 0 Å². The normalized spacial score (nSPS) is 12.7. The smallest absolute Gasteiger partial charge is 0.308 e. The second kappa shape index (κ2) is 4.82. The van der Waals surface area contributed by atoms with Gasteiger partial charge in [0, 0.05) is 23.6 Å². The van der Waals surface area contributed by atoms with Crippen LogP contribution in [0.2, 0.25) is 5.02 Å². The van der Waals surface area contributed by atoms with E-state index in [0.29, 0.717) is 11.1 Å². The maximum Gasteiger partial charge on any atom is 0.308 e. The van der Waals surface area contributed by atoms with Crippen molar-refractivity contribution in [2.24, 2.45) is 0 Å². The number of rotatable bonds is 1. The predicted octanol–water partition coefficient (Wildman–Crippen LogP) is 3.04. The lowest BCUT2D eigenvalue weighted by Gasteiger charge is -2.19. The van der Waals surface area contributed by atoms with Gasteiger partial charge in [-0.1, -0.05) is 35.9 Å². The van der Waals surface area contributed by atoms with E-state index in [1.165, 1.54) is 19.1 Å². The van der Waals surface area contributed by atoms with E-state index in [1.54, 1.807) is 24.3 Å². The third-order valence-electron chi connectivity index (χ3n) is 3.25. The number of ether oxygens (including phenoxy) is 1. The van der Waals surface area contributed by atoms with Gasteiger partial charge in [0.15, 0.2) is 11.6 Å². The summed E-state index contributed by atoms with van der Waals surface area (Å²) >= 11 is 6.15. The zero-order valence-corrected chi connectivity index (χ0v) is 11.7. The Bertz CT molecular complexity index is 808. The Balaban J connectivity index is 2.24. The molecule has 0 amide bonds. The zero-order valence-electron chi connectivity index (χ0n) is 11.0. The van der Waals surface area contributed by atoms with Gasteiger partial charge >= 0.3 is 5.97 Å². The van der Waals surface area contributed by atoms with Crippen LogP contribution in [0.15, 0.2) is 36.4 Å². The Morgan fingerprint density at radius 2 is 1.57 bits per heavy atom. The highest BCUT2D eigenvalue weighted by molar-refractivity contribution is 6.40. The fourth-order valence-corrected chi connectivity index (χ4v) is 2.65. The molecule has 0 unspecified atom stereocenters. The van der Waals surface area contributed by atoms with Gasteiger partial charge in [-0.15, -0.1) is 0 Å². The molecule has 0 heterocycles. The molecule has 104 valence electrons. The summed E-state index contributed by atoms with van der Waals surface area (Å²) in [6.07, 6.45) is 0. The van der Waals surface area contributed by atoms with E-state index in [4.69, 9.17) is 16.3 Å². The molecule has 0 saturated carbocycles. The number of fused-ring (bicyclic) bond motifs is 2. The molecule has 0 radical (unpaired) electrons. The molecule has 1 aliphatic rings. The molecule has 0 N–H and O–H groups in total. The molecule has 5 heteroatoms. The molecule has 2 aromatic carbocycles. The van der Waals surface area contributed by atoms with Gasteiger partial charge in [-0.3, -0.25) is 14.4 Å². The largest absolute Gasteiger partial charge is 0.425 e. The fraction of sp³-hybridized carbons (Fsp3) is 0.0625. The lowest BCUT2D eigenvalue weighted by Crippen LogP contribution is -2.21. The van der Waals surface area contributed by atoms with Crippen molar-refractivity contribution in [3.8, 4) is 5.75 Å².